The van der Waals surface area contributed by atoms with E-state index in [1.54, 1.807) is 12.1 Å². The number of aromatic hydroxyl groups is 1. The van der Waals surface area contributed by atoms with Gasteiger partial charge in [0.25, 0.3) is 0 Å². The van der Waals surface area contributed by atoms with Gasteiger partial charge >= 0.3 is 6.03 Å². The van der Waals surface area contributed by atoms with Gasteiger partial charge in [0.1, 0.15) is 5.75 Å². The lowest BCUT2D eigenvalue weighted by Crippen LogP contribution is -2.22. The van der Waals surface area contributed by atoms with Crippen molar-refractivity contribution < 1.29 is 24.9 Å². The van der Waals surface area contributed by atoms with Crippen molar-refractivity contribution in [1.29, 1.82) is 0 Å². The maximum atomic E-state index is 10.8. The Morgan fingerprint density at radius 2 is 1.76 bits per heavy atom. The van der Waals surface area contributed by atoms with Crippen LogP contribution in [0.25, 0.3) is 0 Å². The minimum absolute atomic E-state index is 0. The van der Waals surface area contributed by atoms with E-state index in [1.807, 2.05) is 24.3 Å². The minimum atomic E-state index is -0.676. The van der Waals surface area contributed by atoms with Crippen molar-refractivity contribution in [2.75, 3.05) is 31.6 Å². The molecular weight excluding hydrogens is 490 g/mol. The first-order valence-electron chi connectivity index (χ1n) is 11.0. The van der Waals surface area contributed by atoms with Gasteiger partial charge in [0.15, 0.2) is 0 Å². The molecular formula is C24H36BrN3O5. The number of aliphatic hydroxyl groups excluding tert-OH is 2. The summed E-state index contributed by atoms with van der Waals surface area (Å²) >= 11 is 0. The Kier molecular flexibility index (Phi) is 14.4. The van der Waals surface area contributed by atoms with Gasteiger partial charge in [-0.2, -0.15) is 0 Å². The van der Waals surface area contributed by atoms with Crippen LogP contribution >= 0.6 is 17.0 Å². The molecule has 0 spiro atoms. The number of aliphatic hydroxyl groups is 2. The molecule has 184 valence electrons. The lowest BCUT2D eigenvalue weighted by Gasteiger charge is -2.14. The van der Waals surface area contributed by atoms with Gasteiger partial charge in [0.05, 0.1) is 19.3 Å². The summed E-state index contributed by atoms with van der Waals surface area (Å²) in [6.07, 6.45) is 4.37. The summed E-state index contributed by atoms with van der Waals surface area (Å²) in [5, 5.41) is 34.8. The van der Waals surface area contributed by atoms with Gasteiger partial charge in [-0.25, -0.2) is 4.79 Å². The van der Waals surface area contributed by atoms with Crippen molar-refractivity contribution in [3.63, 3.8) is 0 Å². The maximum absolute atomic E-state index is 10.8. The zero-order valence-corrected chi connectivity index (χ0v) is 20.5. The van der Waals surface area contributed by atoms with E-state index < -0.39 is 12.1 Å². The van der Waals surface area contributed by atoms with Crippen molar-refractivity contribution in [1.82, 2.24) is 5.32 Å². The highest BCUT2D eigenvalue weighted by atomic mass is 79.9. The van der Waals surface area contributed by atoms with Crippen LogP contribution in [-0.4, -0.2) is 47.7 Å². The molecule has 2 aromatic rings. The van der Waals surface area contributed by atoms with Gasteiger partial charge in [-0.05, 0) is 61.2 Å². The first-order valence-corrected chi connectivity index (χ1v) is 11.0. The third-order valence-corrected chi connectivity index (χ3v) is 5.15. The van der Waals surface area contributed by atoms with Crippen molar-refractivity contribution in [3.8, 4) is 5.75 Å². The first kappa shape index (κ1) is 28.9. The topological polar surface area (TPSA) is 137 Å². The van der Waals surface area contributed by atoms with Gasteiger partial charge in [-0.1, -0.05) is 31.0 Å². The Balaban J connectivity index is 0.00000544. The number of halogens is 1. The number of anilines is 1. The average molecular weight is 526 g/mol. The highest BCUT2D eigenvalue weighted by Gasteiger charge is 2.09. The molecule has 0 saturated heterocycles. The lowest BCUT2D eigenvalue weighted by atomic mass is 10.1. The van der Waals surface area contributed by atoms with E-state index in [0.717, 1.165) is 50.8 Å². The number of primary amides is 1. The molecule has 33 heavy (non-hydrogen) atoms. The molecule has 0 radical (unpaired) electrons. The Morgan fingerprint density at radius 3 is 2.45 bits per heavy atom. The van der Waals surface area contributed by atoms with E-state index in [0.29, 0.717) is 30.0 Å². The number of phenols is 1. The number of urea groups is 1. The summed E-state index contributed by atoms with van der Waals surface area (Å²) in [4.78, 5) is 10.8. The van der Waals surface area contributed by atoms with Crippen LogP contribution in [0.15, 0.2) is 42.5 Å². The van der Waals surface area contributed by atoms with Crippen LogP contribution in [0.1, 0.15) is 48.5 Å². The second-order valence-corrected chi connectivity index (χ2v) is 7.73. The number of nitrogens with two attached hydrogens (primary N) is 1. The van der Waals surface area contributed by atoms with Crippen molar-refractivity contribution in [3.05, 3.63) is 59.2 Å². The summed E-state index contributed by atoms with van der Waals surface area (Å²) in [6.45, 7) is 2.40. The maximum Gasteiger partial charge on any atom is 0.316 e. The standard InChI is InChI=1S/C24H35N3O5.BrH/c25-24(31)27-21-8-5-18(6-9-21)11-14-32-13-4-2-1-3-12-26-16-23(30)19-7-10-22(29)20(15-19)17-28;/h5-10,15,23,26,28-30H,1-4,11-14,16-17H2,(H3,25,27,31);1H. The third kappa shape index (κ3) is 11.5. The number of carbonyl (C=O) groups excluding carboxylic acids is 1. The number of carbonyl (C=O) groups is 1. The van der Waals surface area contributed by atoms with Gasteiger partial charge in [-0.15, -0.1) is 17.0 Å². The second-order valence-electron chi connectivity index (χ2n) is 7.73. The molecule has 0 fully saturated rings. The number of hydrogen-bond donors (Lipinski definition) is 6. The SMILES string of the molecule is Br.NC(=O)Nc1ccc(CCOCCCCCCNCC(O)c2ccc(O)c(CO)c2)cc1. The third-order valence-electron chi connectivity index (χ3n) is 5.15. The highest BCUT2D eigenvalue weighted by Crippen LogP contribution is 2.22. The fraction of sp³-hybridized carbons (Fsp3) is 0.458. The normalized spacial score (nSPS) is 11.6. The average Bonchev–Trinajstić information content (AvgIpc) is 2.78. The number of nitrogens with one attached hydrogen (secondary N) is 2. The van der Waals surface area contributed by atoms with Crippen LogP contribution in [0.2, 0.25) is 0 Å². The minimum Gasteiger partial charge on any atom is -0.508 e. The van der Waals surface area contributed by atoms with Gasteiger partial charge in [0, 0.05) is 24.4 Å². The molecule has 1 atom stereocenters. The summed E-state index contributed by atoms with van der Waals surface area (Å²) in [5.41, 5.74) is 8.00. The molecule has 7 N–H and O–H groups in total. The molecule has 0 bridgehead atoms. The van der Waals surface area contributed by atoms with Crippen LogP contribution < -0.4 is 16.4 Å². The molecule has 1 unspecified atom stereocenters. The largest absolute Gasteiger partial charge is 0.508 e. The summed E-state index contributed by atoms with van der Waals surface area (Å²) in [7, 11) is 0. The Labute approximate surface area is 205 Å². The van der Waals surface area contributed by atoms with E-state index in [-0.39, 0.29) is 29.3 Å². The van der Waals surface area contributed by atoms with Gasteiger partial charge in [-0.3, -0.25) is 0 Å². The van der Waals surface area contributed by atoms with E-state index in [4.69, 9.17) is 10.5 Å². The zero-order valence-electron chi connectivity index (χ0n) is 18.8. The fourth-order valence-corrected chi connectivity index (χ4v) is 3.29. The van der Waals surface area contributed by atoms with Crippen molar-refractivity contribution in [2.24, 2.45) is 5.73 Å². The lowest BCUT2D eigenvalue weighted by molar-refractivity contribution is 0.133. The number of benzene rings is 2. The van der Waals surface area contributed by atoms with Crippen molar-refractivity contribution in [2.45, 2.75) is 44.8 Å². The molecule has 9 heteroatoms. The van der Waals surface area contributed by atoms with Crippen LogP contribution in [0.3, 0.4) is 0 Å². The van der Waals surface area contributed by atoms with E-state index in [2.05, 4.69) is 10.6 Å². The predicted octanol–water partition coefficient (Wildman–Crippen LogP) is 3.40. The molecule has 2 aromatic carbocycles. The van der Waals surface area contributed by atoms with E-state index in [9.17, 15) is 20.1 Å². The molecule has 0 aliphatic heterocycles. The number of ether oxygens (including phenoxy) is 1. The van der Waals surface area contributed by atoms with Gasteiger partial charge in [0.2, 0.25) is 0 Å². The molecule has 0 aromatic heterocycles. The number of rotatable bonds is 15. The highest BCUT2D eigenvalue weighted by molar-refractivity contribution is 8.93. The fourth-order valence-electron chi connectivity index (χ4n) is 3.29. The Bertz CT molecular complexity index is 820. The monoisotopic (exact) mass is 525 g/mol. The van der Waals surface area contributed by atoms with E-state index in [1.165, 1.54) is 6.07 Å². The number of unbranched alkanes of at least 4 members (excludes halogenated alkanes) is 3. The van der Waals surface area contributed by atoms with Crippen LogP contribution in [-0.2, 0) is 17.8 Å². The van der Waals surface area contributed by atoms with Crippen LogP contribution in [0.5, 0.6) is 5.75 Å². The molecule has 2 rings (SSSR count). The molecule has 2 amide bonds. The Morgan fingerprint density at radius 1 is 1.03 bits per heavy atom. The summed E-state index contributed by atoms with van der Waals surface area (Å²) in [5.74, 6) is 0.0358. The quantitative estimate of drug-likeness (QED) is 0.197. The second kappa shape index (κ2) is 16.4. The summed E-state index contributed by atoms with van der Waals surface area (Å²) in [6, 6.07) is 11.8. The smallest absolute Gasteiger partial charge is 0.316 e. The number of amides is 2. The Hall–Kier alpha value is -2.17. The molecule has 0 aliphatic carbocycles. The van der Waals surface area contributed by atoms with Gasteiger partial charge < -0.3 is 36.4 Å². The van der Waals surface area contributed by atoms with Crippen molar-refractivity contribution >= 4 is 28.7 Å². The van der Waals surface area contributed by atoms with Crippen LogP contribution in [0.4, 0.5) is 10.5 Å². The predicted molar refractivity (Wildman–Crippen MR) is 135 cm³/mol. The van der Waals surface area contributed by atoms with Crippen LogP contribution in [0, 0.1) is 0 Å². The summed E-state index contributed by atoms with van der Waals surface area (Å²) < 4.78 is 5.69. The molecule has 0 saturated carbocycles. The molecule has 0 heterocycles. The number of hydrogen-bond acceptors (Lipinski definition) is 6. The molecule has 0 aliphatic rings. The zero-order chi connectivity index (χ0) is 23.2. The van der Waals surface area contributed by atoms with E-state index >= 15 is 0 Å². The molecule has 8 nitrogen and oxygen atoms in total. The first-order chi connectivity index (χ1) is 15.5.